The van der Waals surface area contributed by atoms with Crippen LogP contribution in [0.1, 0.15) is 17.3 Å². The lowest BCUT2D eigenvalue weighted by molar-refractivity contribution is 0.0526. The second kappa shape index (κ2) is 6.62. The summed E-state index contributed by atoms with van der Waals surface area (Å²) in [6.45, 7) is 2.35. The van der Waals surface area contributed by atoms with Gasteiger partial charge in [-0.1, -0.05) is 11.2 Å². The average molecular weight is 290 g/mol. The summed E-state index contributed by atoms with van der Waals surface area (Å²) in [6.07, 6.45) is -1.02. The Labute approximate surface area is 120 Å². The molecule has 0 unspecified atom stereocenters. The average Bonchev–Trinajstić information content (AvgIpc) is 2.86. The number of rotatable bonds is 5. The largest absolute Gasteiger partial charge is 0.462 e. The number of anilines is 1. The van der Waals surface area contributed by atoms with Gasteiger partial charge < -0.3 is 9.47 Å². The molecule has 1 heterocycles. The molecular weight excluding hydrogens is 276 g/mol. The second-order valence-electron chi connectivity index (χ2n) is 4.30. The molecule has 1 saturated heterocycles. The molecule has 1 aliphatic rings. The first-order chi connectivity index (χ1) is 10.2. The molecule has 1 aliphatic heterocycles. The van der Waals surface area contributed by atoms with Crippen molar-refractivity contribution < 1.29 is 19.1 Å². The van der Waals surface area contributed by atoms with E-state index in [0.717, 1.165) is 0 Å². The number of carbonyl (C=O) groups excluding carboxylic acids is 2. The predicted molar refractivity (Wildman–Crippen MR) is 74.0 cm³/mol. The summed E-state index contributed by atoms with van der Waals surface area (Å²) in [7, 11) is 0. The van der Waals surface area contributed by atoms with Crippen LogP contribution in [0.15, 0.2) is 29.4 Å². The van der Waals surface area contributed by atoms with Gasteiger partial charge in [-0.2, -0.15) is 0 Å². The van der Waals surface area contributed by atoms with E-state index < -0.39 is 18.2 Å². The number of hydrogen-bond acceptors (Lipinski definition) is 5. The number of cyclic esters (lactones) is 1. The van der Waals surface area contributed by atoms with Crippen LogP contribution < -0.4 is 4.90 Å². The smallest absolute Gasteiger partial charge is 0.414 e. The van der Waals surface area contributed by atoms with E-state index >= 15 is 0 Å². The molecular formula is C13H14N4O4. The number of amides is 1. The Hall–Kier alpha value is -2.73. The molecule has 0 bridgehead atoms. The van der Waals surface area contributed by atoms with Crippen LogP contribution in [0.25, 0.3) is 10.4 Å². The molecule has 1 aromatic carbocycles. The zero-order valence-corrected chi connectivity index (χ0v) is 11.4. The molecule has 0 spiro atoms. The van der Waals surface area contributed by atoms with Gasteiger partial charge in [-0.05, 0) is 30.7 Å². The van der Waals surface area contributed by atoms with Crippen molar-refractivity contribution in [3.8, 4) is 0 Å². The predicted octanol–water partition coefficient (Wildman–Crippen LogP) is 2.50. The molecule has 0 aromatic heterocycles. The van der Waals surface area contributed by atoms with Gasteiger partial charge in [0.1, 0.15) is 6.10 Å². The van der Waals surface area contributed by atoms with Crippen molar-refractivity contribution in [2.24, 2.45) is 5.11 Å². The quantitative estimate of drug-likeness (QED) is 0.359. The lowest BCUT2D eigenvalue weighted by Crippen LogP contribution is -2.25. The topological polar surface area (TPSA) is 105 Å². The maximum absolute atomic E-state index is 11.8. The number of ether oxygens (including phenoxy) is 2. The van der Waals surface area contributed by atoms with Crippen LogP contribution in [0, 0.1) is 0 Å². The van der Waals surface area contributed by atoms with E-state index in [1.807, 2.05) is 0 Å². The van der Waals surface area contributed by atoms with Crippen LogP contribution in [0.2, 0.25) is 0 Å². The van der Waals surface area contributed by atoms with Crippen molar-refractivity contribution in [2.45, 2.75) is 13.0 Å². The third-order valence-corrected chi connectivity index (χ3v) is 2.89. The number of esters is 1. The molecule has 1 amide bonds. The lowest BCUT2D eigenvalue weighted by atomic mass is 10.2. The van der Waals surface area contributed by atoms with E-state index in [9.17, 15) is 9.59 Å². The molecule has 1 fully saturated rings. The van der Waals surface area contributed by atoms with Gasteiger partial charge in [-0.25, -0.2) is 9.59 Å². The first-order valence-corrected chi connectivity index (χ1v) is 6.42. The molecule has 0 saturated carbocycles. The van der Waals surface area contributed by atoms with E-state index in [1.165, 1.54) is 4.90 Å². The van der Waals surface area contributed by atoms with Crippen LogP contribution in [-0.2, 0) is 9.47 Å². The molecule has 110 valence electrons. The SMILES string of the molecule is CCOC(=O)c1cccc(N2C[C@H](CN=[N+]=[N-])OC2=O)c1. The minimum Gasteiger partial charge on any atom is -0.462 e. The van der Waals surface area contributed by atoms with E-state index in [1.54, 1.807) is 31.2 Å². The molecule has 2 rings (SSSR count). The van der Waals surface area contributed by atoms with Gasteiger partial charge in [0.2, 0.25) is 0 Å². The van der Waals surface area contributed by atoms with Crippen molar-refractivity contribution in [2.75, 3.05) is 24.6 Å². The molecule has 0 aliphatic carbocycles. The second-order valence-corrected chi connectivity index (χ2v) is 4.30. The minimum atomic E-state index is -0.533. The molecule has 8 heteroatoms. The van der Waals surface area contributed by atoms with Crippen LogP contribution in [0.5, 0.6) is 0 Å². The number of hydrogen-bond donors (Lipinski definition) is 0. The lowest BCUT2D eigenvalue weighted by Gasteiger charge is -2.13. The maximum atomic E-state index is 11.8. The standard InChI is InChI=1S/C13H14N4O4/c1-2-20-12(18)9-4-3-5-10(6-9)17-8-11(7-15-16-14)21-13(17)19/h3-6,11H,2,7-8H2,1H3/t11-/m0/s1. The Morgan fingerprint density at radius 1 is 1.62 bits per heavy atom. The van der Waals surface area contributed by atoms with Gasteiger partial charge in [0.25, 0.3) is 0 Å². The number of azide groups is 1. The van der Waals surface area contributed by atoms with E-state index in [0.29, 0.717) is 11.3 Å². The summed E-state index contributed by atoms with van der Waals surface area (Å²) in [5.74, 6) is -0.447. The third-order valence-electron chi connectivity index (χ3n) is 2.89. The minimum absolute atomic E-state index is 0.0797. The summed E-state index contributed by atoms with van der Waals surface area (Å²) in [5.41, 5.74) is 9.17. The van der Waals surface area contributed by atoms with E-state index in [2.05, 4.69) is 10.0 Å². The highest BCUT2D eigenvalue weighted by molar-refractivity contribution is 5.94. The molecule has 21 heavy (non-hydrogen) atoms. The zero-order valence-electron chi connectivity index (χ0n) is 11.4. The van der Waals surface area contributed by atoms with Gasteiger partial charge in [0.15, 0.2) is 0 Å². The molecule has 1 aromatic rings. The summed E-state index contributed by atoms with van der Waals surface area (Å²) in [5, 5.41) is 3.39. The van der Waals surface area contributed by atoms with Gasteiger partial charge in [-0.15, -0.1) is 0 Å². The van der Waals surface area contributed by atoms with E-state index in [4.69, 9.17) is 15.0 Å². The molecule has 0 radical (unpaired) electrons. The maximum Gasteiger partial charge on any atom is 0.414 e. The summed E-state index contributed by atoms with van der Waals surface area (Å²) in [6, 6.07) is 6.53. The number of carbonyl (C=O) groups is 2. The Morgan fingerprint density at radius 2 is 2.43 bits per heavy atom. The van der Waals surface area contributed by atoms with Crippen molar-refractivity contribution in [1.82, 2.24) is 0 Å². The molecule has 0 N–H and O–H groups in total. The Kier molecular flexibility index (Phi) is 4.63. The van der Waals surface area contributed by atoms with Crippen molar-refractivity contribution in [3.63, 3.8) is 0 Å². The van der Waals surface area contributed by atoms with Gasteiger partial charge in [0, 0.05) is 10.6 Å². The summed E-state index contributed by atoms with van der Waals surface area (Å²) >= 11 is 0. The zero-order chi connectivity index (χ0) is 15.2. The first-order valence-electron chi connectivity index (χ1n) is 6.42. The van der Waals surface area contributed by atoms with Crippen molar-refractivity contribution in [1.29, 1.82) is 0 Å². The van der Waals surface area contributed by atoms with Crippen LogP contribution in [0.4, 0.5) is 10.5 Å². The van der Waals surface area contributed by atoms with Crippen LogP contribution in [-0.4, -0.2) is 37.9 Å². The Balaban J connectivity index is 2.14. The molecule has 1 atom stereocenters. The van der Waals surface area contributed by atoms with E-state index in [-0.39, 0.29) is 19.7 Å². The highest BCUT2D eigenvalue weighted by Gasteiger charge is 2.32. The van der Waals surface area contributed by atoms with Crippen molar-refractivity contribution >= 4 is 17.7 Å². The fourth-order valence-corrected chi connectivity index (χ4v) is 1.97. The van der Waals surface area contributed by atoms with Crippen LogP contribution in [0.3, 0.4) is 0 Å². The number of benzene rings is 1. The normalized spacial score (nSPS) is 17.1. The Morgan fingerprint density at radius 3 is 3.14 bits per heavy atom. The van der Waals surface area contributed by atoms with Crippen molar-refractivity contribution in [3.05, 3.63) is 40.3 Å². The number of nitrogens with zero attached hydrogens (tertiary/aromatic N) is 4. The fraction of sp³-hybridized carbons (Fsp3) is 0.385. The highest BCUT2D eigenvalue weighted by Crippen LogP contribution is 2.23. The Bertz CT molecular complexity index is 598. The highest BCUT2D eigenvalue weighted by atomic mass is 16.6. The fourth-order valence-electron chi connectivity index (χ4n) is 1.97. The van der Waals surface area contributed by atoms with Gasteiger partial charge in [-0.3, -0.25) is 4.90 Å². The van der Waals surface area contributed by atoms with Gasteiger partial charge in [0.05, 0.1) is 25.3 Å². The third kappa shape index (κ3) is 3.43. The van der Waals surface area contributed by atoms with Crippen LogP contribution >= 0.6 is 0 Å². The summed E-state index contributed by atoms with van der Waals surface area (Å²) < 4.78 is 10.0. The van der Waals surface area contributed by atoms with Gasteiger partial charge >= 0.3 is 12.1 Å². The first kappa shape index (κ1) is 14.7. The molecule has 8 nitrogen and oxygen atoms in total. The monoisotopic (exact) mass is 290 g/mol. The summed E-state index contributed by atoms with van der Waals surface area (Å²) in [4.78, 5) is 27.5.